The lowest BCUT2D eigenvalue weighted by molar-refractivity contribution is 0.0946. The first kappa shape index (κ1) is 17.6. The quantitative estimate of drug-likeness (QED) is 0.767. The number of carbonyl (C=O) groups is 2. The van der Waals surface area contributed by atoms with E-state index < -0.39 is 5.82 Å². The molecular weight excluding hydrogens is 311 g/mol. The Kier molecular flexibility index (Phi) is 6.45. The van der Waals surface area contributed by atoms with Gasteiger partial charge in [-0.1, -0.05) is 6.07 Å². The third-order valence-corrected chi connectivity index (χ3v) is 3.30. The summed E-state index contributed by atoms with van der Waals surface area (Å²) in [5.41, 5.74) is 1.23. The van der Waals surface area contributed by atoms with Gasteiger partial charge in [-0.15, -0.1) is 0 Å². The molecule has 2 N–H and O–H groups in total. The van der Waals surface area contributed by atoms with Gasteiger partial charge in [0.25, 0.3) is 11.8 Å². The Bertz CT molecular complexity index is 702. The van der Waals surface area contributed by atoms with Crippen LogP contribution in [0.1, 0.15) is 27.1 Å². The van der Waals surface area contributed by atoms with Crippen LogP contribution in [0, 0.1) is 5.82 Å². The summed E-state index contributed by atoms with van der Waals surface area (Å²) in [4.78, 5) is 24.0. The summed E-state index contributed by atoms with van der Waals surface area (Å²) in [6.45, 7) is 1.11. The summed E-state index contributed by atoms with van der Waals surface area (Å²) in [6, 6.07) is 11.9. The van der Waals surface area contributed by atoms with Crippen molar-refractivity contribution in [1.29, 1.82) is 0 Å². The standard InChI is InChI=1S/C18H19FN2O3/c1-24-11-3-10-20-17(22)13-6-8-14(9-7-13)18(23)21-16-5-2-4-15(19)12-16/h2,4-9,12H,3,10-11H2,1H3,(H,20,22)(H,21,23). The molecule has 0 saturated heterocycles. The van der Waals surface area contributed by atoms with E-state index in [0.717, 1.165) is 6.42 Å². The summed E-state index contributed by atoms with van der Waals surface area (Å²) in [5, 5.41) is 5.37. The van der Waals surface area contributed by atoms with Crippen molar-refractivity contribution in [2.45, 2.75) is 6.42 Å². The average molecular weight is 330 g/mol. The molecule has 24 heavy (non-hydrogen) atoms. The average Bonchev–Trinajstić information content (AvgIpc) is 2.58. The zero-order chi connectivity index (χ0) is 17.4. The second kappa shape index (κ2) is 8.79. The van der Waals surface area contributed by atoms with E-state index in [1.807, 2.05) is 0 Å². The van der Waals surface area contributed by atoms with E-state index in [-0.39, 0.29) is 11.8 Å². The minimum atomic E-state index is -0.423. The number of amides is 2. The number of methoxy groups -OCH3 is 1. The minimum absolute atomic E-state index is 0.205. The normalized spacial score (nSPS) is 10.2. The molecule has 6 heteroatoms. The first-order valence-corrected chi connectivity index (χ1v) is 7.54. The fourth-order valence-corrected chi connectivity index (χ4v) is 2.06. The Morgan fingerprint density at radius 1 is 1.04 bits per heavy atom. The summed E-state index contributed by atoms with van der Waals surface area (Å²) in [6.07, 6.45) is 0.733. The monoisotopic (exact) mass is 330 g/mol. The molecule has 0 aliphatic rings. The molecule has 0 unspecified atom stereocenters. The number of hydrogen-bond donors (Lipinski definition) is 2. The first-order valence-electron chi connectivity index (χ1n) is 7.54. The van der Waals surface area contributed by atoms with Gasteiger partial charge in [-0.25, -0.2) is 4.39 Å². The lowest BCUT2D eigenvalue weighted by Crippen LogP contribution is -2.25. The SMILES string of the molecule is COCCCNC(=O)c1ccc(C(=O)Nc2cccc(F)c2)cc1. The molecule has 0 saturated carbocycles. The van der Waals surface area contributed by atoms with Crippen molar-refractivity contribution < 1.29 is 18.7 Å². The molecule has 0 heterocycles. The van der Waals surface area contributed by atoms with E-state index in [4.69, 9.17) is 4.74 Å². The summed E-state index contributed by atoms with van der Waals surface area (Å²) in [7, 11) is 1.61. The molecule has 126 valence electrons. The number of anilines is 1. The van der Waals surface area contributed by atoms with Crippen molar-refractivity contribution in [3.05, 3.63) is 65.5 Å². The van der Waals surface area contributed by atoms with Gasteiger partial charge in [0, 0.05) is 37.1 Å². The Hall–Kier alpha value is -2.73. The predicted octanol–water partition coefficient (Wildman–Crippen LogP) is 2.84. The molecule has 0 radical (unpaired) electrons. The summed E-state index contributed by atoms with van der Waals surface area (Å²) < 4.78 is 18.0. The van der Waals surface area contributed by atoms with E-state index >= 15 is 0 Å². The van der Waals surface area contributed by atoms with Crippen LogP contribution in [-0.2, 0) is 4.74 Å². The number of nitrogens with one attached hydrogen (secondary N) is 2. The lowest BCUT2D eigenvalue weighted by Gasteiger charge is -2.07. The molecule has 0 spiro atoms. The van der Waals surface area contributed by atoms with Gasteiger partial charge in [-0.2, -0.15) is 0 Å². The van der Waals surface area contributed by atoms with Gasteiger partial charge in [-0.3, -0.25) is 9.59 Å². The number of carbonyl (C=O) groups excluding carboxylic acids is 2. The summed E-state index contributed by atoms with van der Waals surface area (Å²) >= 11 is 0. The molecule has 0 atom stereocenters. The second-order valence-electron chi connectivity index (χ2n) is 5.14. The minimum Gasteiger partial charge on any atom is -0.385 e. The predicted molar refractivity (Wildman–Crippen MR) is 89.6 cm³/mol. The third-order valence-electron chi connectivity index (χ3n) is 3.30. The van der Waals surface area contributed by atoms with Crippen molar-refractivity contribution >= 4 is 17.5 Å². The van der Waals surface area contributed by atoms with Crippen LogP contribution in [0.4, 0.5) is 10.1 Å². The maximum Gasteiger partial charge on any atom is 0.255 e. The van der Waals surface area contributed by atoms with E-state index in [2.05, 4.69) is 10.6 Å². The Balaban J connectivity index is 1.93. The molecule has 0 aliphatic carbocycles. The van der Waals surface area contributed by atoms with Crippen LogP contribution in [-0.4, -0.2) is 32.1 Å². The van der Waals surface area contributed by atoms with Crippen LogP contribution in [0.15, 0.2) is 48.5 Å². The van der Waals surface area contributed by atoms with Crippen molar-refractivity contribution in [1.82, 2.24) is 5.32 Å². The highest BCUT2D eigenvalue weighted by molar-refractivity contribution is 6.05. The fourth-order valence-electron chi connectivity index (χ4n) is 2.06. The molecule has 0 bridgehead atoms. The molecule has 5 nitrogen and oxygen atoms in total. The van der Waals surface area contributed by atoms with Crippen LogP contribution < -0.4 is 10.6 Å². The van der Waals surface area contributed by atoms with Gasteiger partial charge in [0.2, 0.25) is 0 Å². The van der Waals surface area contributed by atoms with Crippen LogP contribution in [0.25, 0.3) is 0 Å². The Morgan fingerprint density at radius 2 is 1.71 bits per heavy atom. The zero-order valence-corrected chi connectivity index (χ0v) is 13.3. The van der Waals surface area contributed by atoms with Crippen molar-refractivity contribution in [2.24, 2.45) is 0 Å². The molecule has 0 fully saturated rings. The van der Waals surface area contributed by atoms with Crippen LogP contribution >= 0.6 is 0 Å². The van der Waals surface area contributed by atoms with Crippen molar-refractivity contribution in [3.8, 4) is 0 Å². The molecule has 0 aromatic heterocycles. The van der Waals surface area contributed by atoms with E-state index in [0.29, 0.717) is 30.0 Å². The van der Waals surface area contributed by atoms with Gasteiger partial charge >= 0.3 is 0 Å². The highest BCUT2D eigenvalue weighted by Gasteiger charge is 2.09. The van der Waals surface area contributed by atoms with Gasteiger partial charge < -0.3 is 15.4 Å². The number of ether oxygens (including phenoxy) is 1. The van der Waals surface area contributed by atoms with Gasteiger partial charge in [0.15, 0.2) is 0 Å². The van der Waals surface area contributed by atoms with E-state index in [1.54, 1.807) is 37.4 Å². The van der Waals surface area contributed by atoms with Crippen LogP contribution in [0.5, 0.6) is 0 Å². The molecule has 2 amide bonds. The molecule has 0 aliphatic heterocycles. The van der Waals surface area contributed by atoms with Crippen molar-refractivity contribution in [3.63, 3.8) is 0 Å². The zero-order valence-electron chi connectivity index (χ0n) is 13.3. The largest absolute Gasteiger partial charge is 0.385 e. The number of rotatable bonds is 7. The highest BCUT2D eigenvalue weighted by atomic mass is 19.1. The van der Waals surface area contributed by atoms with Crippen LogP contribution in [0.3, 0.4) is 0 Å². The van der Waals surface area contributed by atoms with Gasteiger partial charge in [-0.05, 0) is 48.9 Å². The fraction of sp³-hybridized carbons (Fsp3) is 0.222. The van der Waals surface area contributed by atoms with Gasteiger partial charge in [0.1, 0.15) is 5.82 Å². The molecule has 2 aromatic rings. The summed E-state index contributed by atoms with van der Waals surface area (Å²) in [5.74, 6) is -0.996. The molecular formula is C18H19FN2O3. The second-order valence-corrected chi connectivity index (χ2v) is 5.14. The van der Waals surface area contributed by atoms with E-state index in [9.17, 15) is 14.0 Å². The molecule has 2 rings (SSSR count). The van der Waals surface area contributed by atoms with Crippen LogP contribution in [0.2, 0.25) is 0 Å². The number of benzene rings is 2. The third kappa shape index (κ3) is 5.17. The van der Waals surface area contributed by atoms with Crippen molar-refractivity contribution in [2.75, 3.05) is 25.6 Å². The number of halogens is 1. The van der Waals surface area contributed by atoms with Gasteiger partial charge in [0.05, 0.1) is 0 Å². The molecule has 2 aromatic carbocycles. The first-order chi connectivity index (χ1) is 11.6. The Morgan fingerprint density at radius 3 is 2.33 bits per heavy atom. The highest BCUT2D eigenvalue weighted by Crippen LogP contribution is 2.12. The topological polar surface area (TPSA) is 67.4 Å². The smallest absolute Gasteiger partial charge is 0.255 e. The lowest BCUT2D eigenvalue weighted by atomic mass is 10.1. The Labute approximate surface area is 139 Å². The maximum absolute atomic E-state index is 13.1. The maximum atomic E-state index is 13.1. The number of hydrogen-bond acceptors (Lipinski definition) is 3. The van der Waals surface area contributed by atoms with E-state index in [1.165, 1.54) is 18.2 Å².